The lowest BCUT2D eigenvalue weighted by Gasteiger charge is -2.43. The van der Waals surface area contributed by atoms with E-state index >= 15 is 0 Å². The van der Waals surface area contributed by atoms with Gasteiger partial charge in [0.05, 0.1) is 6.04 Å². The van der Waals surface area contributed by atoms with Crippen LogP contribution in [0.5, 0.6) is 0 Å². The minimum absolute atomic E-state index is 0.00519. The predicted octanol–water partition coefficient (Wildman–Crippen LogP) is -0.816. The Kier molecular flexibility index (Phi) is 5.66. The van der Waals surface area contributed by atoms with E-state index in [0.29, 0.717) is 0 Å². The first-order valence-electron chi connectivity index (χ1n) is 6.78. The molecule has 0 aliphatic carbocycles. The van der Waals surface area contributed by atoms with Crippen molar-refractivity contribution in [1.29, 1.82) is 0 Å². The number of piperidine rings is 1. The van der Waals surface area contributed by atoms with Crippen LogP contribution in [0.3, 0.4) is 0 Å². The lowest BCUT2D eigenvalue weighted by Crippen LogP contribution is -2.58. The van der Waals surface area contributed by atoms with Crippen LogP contribution in [0.1, 0.15) is 19.8 Å². The standard InChI is InChI=1S/C13H17NO9/c1-5(15)14-4-2-3-6(7(10(16)17)11(18)19)9(14)8(12(20)21)13(22)23/h6-9H,2-4H2,1H3,(H,16,17)(H,18,19)(H,20,21)(H,22,23)/t6-,9+/m1/s1. The molecule has 1 saturated heterocycles. The van der Waals surface area contributed by atoms with Crippen LogP contribution in [0.2, 0.25) is 0 Å². The summed E-state index contributed by atoms with van der Waals surface area (Å²) in [5.74, 6) is -13.0. The molecule has 1 heterocycles. The van der Waals surface area contributed by atoms with Gasteiger partial charge in [-0.1, -0.05) is 0 Å². The Bertz CT molecular complexity index is 516. The molecule has 0 aromatic rings. The van der Waals surface area contributed by atoms with Crippen LogP contribution in [0.25, 0.3) is 0 Å². The van der Waals surface area contributed by atoms with Crippen molar-refractivity contribution in [1.82, 2.24) is 4.90 Å². The zero-order valence-electron chi connectivity index (χ0n) is 12.2. The molecule has 0 spiro atoms. The van der Waals surface area contributed by atoms with Crippen molar-refractivity contribution in [3.05, 3.63) is 0 Å². The van der Waals surface area contributed by atoms with Crippen LogP contribution in [-0.2, 0) is 24.0 Å². The average molecular weight is 331 g/mol. The molecule has 1 rings (SSSR count). The molecule has 1 aliphatic heterocycles. The summed E-state index contributed by atoms with van der Waals surface area (Å²) < 4.78 is 0. The molecule has 0 bridgehead atoms. The molecule has 1 fully saturated rings. The second-order valence-electron chi connectivity index (χ2n) is 5.32. The summed E-state index contributed by atoms with van der Waals surface area (Å²) in [5, 5.41) is 36.6. The smallest absolute Gasteiger partial charge is 0.320 e. The maximum atomic E-state index is 11.7. The number of nitrogens with zero attached hydrogens (tertiary/aromatic N) is 1. The zero-order valence-corrected chi connectivity index (χ0v) is 12.2. The fourth-order valence-electron chi connectivity index (χ4n) is 3.08. The minimum Gasteiger partial charge on any atom is -0.481 e. The van der Waals surface area contributed by atoms with Gasteiger partial charge < -0.3 is 25.3 Å². The Hall–Kier alpha value is -2.65. The van der Waals surface area contributed by atoms with E-state index in [1.54, 1.807) is 0 Å². The van der Waals surface area contributed by atoms with Crippen molar-refractivity contribution in [2.24, 2.45) is 17.8 Å². The van der Waals surface area contributed by atoms with Crippen LogP contribution in [0.4, 0.5) is 0 Å². The summed E-state index contributed by atoms with van der Waals surface area (Å²) >= 11 is 0. The van der Waals surface area contributed by atoms with Gasteiger partial charge in [-0.25, -0.2) is 0 Å². The van der Waals surface area contributed by atoms with E-state index in [4.69, 9.17) is 20.4 Å². The highest BCUT2D eigenvalue weighted by Gasteiger charge is 2.51. The van der Waals surface area contributed by atoms with Crippen LogP contribution < -0.4 is 0 Å². The van der Waals surface area contributed by atoms with Crippen molar-refractivity contribution in [2.75, 3.05) is 6.54 Å². The summed E-state index contributed by atoms with van der Waals surface area (Å²) in [7, 11) is 0. The van der Waals surface area contributed by atoms with Gasteiger partial charge >= 0.3 is 23.9 Å². The number of likely N-dealkylation sites (tertiary alicyclic amines) is 1. The maximum Gasteiger partial charge on any atom is 0.320 e. The van der Waals surface area contributed by atoms with Gasteiger partial charge in [0.15, 0.2) is 11.8 Å². The van der Waals surface area contributed by atoms with E-state index < -0.39 is 53.6 Å². The van der Waals surface area contributed by atoms with Gasteiger partial charge in [0, 0.05) is 19.4 Å². The topological polar surface area (TPSA) is 170 Å². The lowest BCUT2D eigenvalue weighted by atomic mass is 9.74. The van der Waals surface area contributed by atoms with E-state index in [1.807, 2.05) is 0 Å². The second-order valence-corrected chi connectivity index (χ2v) is 5.32. The molecule has 1 aliphatic rings. The van der Waals surface area contributed by atoms with Crippen LogP contribution in [-0.4, -0.2) is 67.7 Å². The first-order valence-corrected chi connectivity index (χ1v) is 6.78. The number of carbonyl (C=O) groups is 5. The van der Waals surface area contributed by atoms with Gasteiger partial charge in [0.2, 0.25) is 5.91 Å². The molecule has 1 amide bonds. The Labute approximate surface area is 130 Å². The van der Waals surface area contributed by atoms with Gasteiger partial charge in [-0.15, -0.1) is 0 Å². The first kappa shape index (κ1) is 18.4. The Balaban J connectivity index is 3.42. The summed E-state index contributed by atoms with van der Waals surface area (Å²) in [4.78, 5) is 57.8. The summed E-state index contributed by atoms with van der Waals surface area (Å²) in [6.45, 7) is 1.13. The molecule has 10 heteroatoms. The number of carboxylic acid groups (broad SMARTS) is 4. The molecule has 2 atom stereocenters. The zero-order chi connectivity index (χ0) is 17.9. The fraction of sp³-hybridized carbons (Fsp3) is 0.615. The van der Waals surface area contributed by atoms with E-state index in [2.05, 4.69) is 0 Å². The van der Waals surface area contributed by atoms with Crippen molar-refractivity contribution in [3.8, 4) is 0 Å². The number of aliphatic carboxylic acids is 4. The number of rotatable bonds is 6. The van der Waals surface area contributed by atoms with E-state index in [1.165, 1.54) is 0 Å². The molecular weight excluding hydrogens is 314 g/mol. The summed E-state index contributed by atoms with van der Waals surface area (Å²) in [6, 6.07) is -1.55. The van der Waals surface area contributed by atoms with Crippen molar-refractivity contribution < 1.29 is 44.4 Å². The molecule has 0 aromatic heterocycles. The monoisotopic (exact) mass is 331 g/mol. The van der Waals surface area contributed by atoms with E-state index in [0.717, 1.165) is 11.8 Å². The van der Waals surface area contributed by atoms with Gasteiger partial charge in [0.25, 0.3) is 0 Å². The molecule has 0 saturated carbocycles. The highest BCUT2D eigenvalue weighted by atomic mass is 16.4. The van der Waals surface area contributed by atoms with Crippen LogP contribution in [0.15, 0.2) is 0 Å². The molecular formula is C13H17NO9. The third-order valence-electron chi connectivity index (χ3n) is 3.97. The molecule has 0 unspecified atom stereocenters. The molecule has 128 valence electrons. The number of carboxylic acids is 4. The van der Waals surface area contributed by atoms with Crippen LogP contribution >= 0.6 is 0 Å². The highest BCUT2D eigenvalue weighted by molar-refractivity contribution is 5.96. The van der Waals surface area contributed by atoms with Crippen molar-refractivity contribution in [3.63, 3.8) is 0 Å². The third-order valence-corrected chi connectivity index (χ3v) is 3.97. The third kappa shape index (κ3) is 3.76. The van der Waals surface area contributed by atoms with E-state index in [-0.39, 0.29) is 19.4 Å². The predicted molar refractivity (Wildman–Crippen MR) is 71.4 cm³/mol. The summed E-state index contributed by atoms with van der Waals surface area (Å²) in [6.07, 6.45) is 0.249. The SMILES string of the molecule is CC(=O)N1CCC[C@H](C(C(=O)O)C(=O)O)[C@H]1C(C(=O)O)C(=O)O. The summed E-state index contributed by atoms with van der Waals surface area (Å²) in [5.41, 5.74) is 0. The maximum absolute atomic E-state index is 11.7. The second kappa shape index (κ2) is 7.07. The average Bonchev–Trinajstić information content (AvgIpc) is 2.38. The van der Waals surface area contributed by atoms with Crippen LogP contribution in [0, 0.1) is 17.8 Å². The number of hydrogen-bond acceptors (Lipinski definition) is 5. The Morgan fingerprint density at radius 3 is 1.65 bits per heavy atom. The molecule has 10 nitrogen and oxygen atoms in total. The molecule has 0 aromatic carbocycles. The first-order chi connectivity index (χ1) is 10.6. The number of hydrogen-bond donors (Lipinski definition) is 4. The largest absolute Gasteiger partial charge is 0.481 e. The lowest BCUT2D eigenvalue weighted by molar-refractivity contribution is -0.171. The molecule has 0 radical (unpaired) electrons. The van der Waals surface area contributed by atoms with Gasteiger partial charge in [-0.3, -0.25) is 24.0 Å². The van der Waals surface area contributed by atoms with Gasteiger partial charge in [0.1, 0.15) is 0 Å². The number of carbonyl (C=O) groups excluding carboxylic acids is 1. The van der Waals surface area contributed by atoms with Crippen molar-refractivity contribution in [2.45, 2.75) is 25.8 Å². The van der Waals surface area contributed by atoms with Gasteiger partial charge in [-0.05, 0) is 12.8 Å². The van der Waals surface area contributed by atoms with Crippen molar-refractivity contribution >= 4 is 29.8 Å². The quantitative estimate of drug-likeness (QED) is 0.454. The molecule has 4 N–H and O–H groups in total. The number of amides is 1. The normalized spacial score (nSPS) is 21.3. The molecule has 23 heavy (non-hydrogen) atoms. The van der Waals surface area contributed by atoms with Gasteiger partial charge in [-0.2, -0.15) is 0 Å². The highest BCUT2D eigenvalue weighted by Crippen LogP contribution is 2.35. The fourth-order valence-corrected chi connectivity index (χ4v) is 3.08. The Morgan fingerprint density at radius 1 is 0.870 bits per heavy atom. The Morgan fingerprint density at radius 2 is 1.30 bits per heavy atom. The minimum atomic E-state index is -2.11. The van der Waals surface area contributed by atoms with E-state index in [9.17, 15) is 24.0 Å².